The summed E-state index contributed by atoms with van der Waals surface area (Å²) in [6, 6.07) is 6.36. The fraction of sp³-hybridized carbons (Fsp3) is 0.222. The number of hydrogen-bond donors (Lipinski definition) is 2. The molecule has 1 aliphatic rings. The Morgan fingerprint density at radius 3 is 2.52 bits per heavy atom. The topological polar surface area (TPSA) is 69.6 Å². The van der Waals surface area contributed by atoms with E-state index in [0.717, 1.165) is 17.0 Å². The van der Waals surface area contributed by atoms with Gasteiger partial charge < -0.3 is 10.4 Å². The number of nitrogens with zero attached hydrogens (tertiary/aromatic N) is 1. The molecule has 1 fully saturated rings. The number of amides is 3. The van der Waals surface area contributed by atoms with Crippen LogP contribution in [0.5, 0.6) is 0 Å². The number of benzene rings is 2. The number of hydrogen-bond acceptors (Lipinski definition) is 3. The van der Waals surface area contributed by atoms with E-state index in [-0.39, 0.29) is 10.6 Å². The van der Waals surface area contributed by atoms with Crippen LogP contribution in [0.2, 0.25) is 10.0 Å². The quantitative estimate of drug-likeness (QED) is 0.748. The third kappa shape index (κ3) is 3.50. The van der Waals surface area contributed by atoms with Crippen LogP contribution in [0.1, 0.15) is 24.2 Å². The van der Waals surface area contributed by atoms with Crippen molar-refractivity contribution in [3.8, 4) is 0 Å². The molecule has 2 N–H and O–H groups in total. The molecule has 1 heterocycles. The van der Waals surface area contributed by atoms with Gasteiger partial charge in [0.15, 0.2) is 0 Å². The Bertz CT molecular complexity index is 941. The molecule has 2 atom stereocenters. The van der Waals surface area contributed by atoms with Crippen molar-refractivity contribution < 1.29 is 23.5 Å². The van der Waals surface area contributed by atoms with E-state index >= 15 is 0 Å². The van der Waals surface area contributed by atoms with Gasteiger partial charge in [0.05, 0.1) is 12.6 Å². The Morgan fingerprint density at radius 1 is 1.19 bits per heavy atom. The fourth-order valence-electron chi connectivity index (χ4n) is 2.98. The highest BCUT2D eigenvalue weighted by atomic mass is 35.5. The van der Waals surface area contributed by atoms with E-state index in [2.05, 4.69) is 5.32 Å². The van der Waals surface area contributed by atoms with Crippen molar-refractivity contribution in [3.63, 3.8) is 0 Å². The van der Waals surface area contributed by atoms with Gasteiger partial charge >= 0.3 is 6.03 Å². The Kier molecular flexibility index (Phi) is 5.12. The molecule has 0 aliphatic carbocycles. The minimum atomic E-state index is -1.52. The number of carbonyl (C=O) groups is 2. The summed E-state index contributed by atoms with van der Waals surface area (Å²) >= 11 is 12.0. The second-order valence-electron chi connectivity index (χ2n) is 6.28. The second-order valence-corrected chi connectivity index (χ2v) is 7.12. The zero-order chi connectivity index (χ0) is 19.9. The SMILES string of the molecule is CC1(c2ccc(Cl)cc2Cl)NC(=O)N(CC(O)c2ccc(F)cc2F)C1=O. The number of aliphatic hydroxyl groups is 1. The number of halogens is 4. The molecule has 2 aromatic rings. The van der Waals surface area contributed by atoms with Crippen LogP contribution in [0.3, 0.4) is 0 Å². The van der Waals surface area contributed by atoms with Gasteiger partial charge in [0.2, 0.25) is 0 Å². The summed E-state index contributed by atoms with van der Waals surface area (Å²) in [6.45, 7) is 0.960. The molecule has 1 aliphatic heterocycles. The maximum absolute atomic E-state index is 13.8. The molecule has 9 heteroatoms. The molecule has 0 radical (unpaired) electrons. The van der Waals surface area contributed by atoms with Crippen molar-refractivity contribution in [2.75, 3.05) is 6.54 Å². The highest BCUT2D eigenvalue weighted by Crippen LogP contribution is 2.35. The third-order valence-corrected chi connectivity index (χ3v) is 4.97. The summed E-state index contributed by atoms with van der Waals surface area (Å²) in [5, 5.41) is 13.3. The highest BCUT2D eigenvalue weighted by molar-refractivity contribution is 6.35. The molecule has 3 rings (SSSR count). The first kappa shape index (κ1) is 19.5. The Labute approximate surface area is 163 Å². The first-order valence-corrected chi connectivity index (χ1v) is 8.61. The zero-order valence-corrected chi connectivity index (χ0v) is 15.5. The van der Waals surface area contributed by atoms with E-state index in [9.17, 15) is 23.5 Å². The number of nitrogens with one attached hydrogen (secondary N) is 1. The molecular weight excluding hydrogens is 401 g/mol. The van der Waals surface area contributed by atoms with Crippen LogP contribution >= 0.6 is 23.2 Å². The highest BCUT2D eigenvalue weighted by Gasteiger charge is 2.50. The van der Waals surface area contributed by atoms with Crippen LogP contribution in [0.25, 0.3) is 0 Å². The van der Waals surface area contributed by atoms with Gasteiger partial charge in [0.25, 0.3) is 5.91 Å². The van der Waals surface area contributed by atoms with Crippen molar-refractivity contribution in [1.82, 2.24) is 10.2 Å². The smallest absolute Gasteiger partial charge is 0.325 e. The summed E-state index contributed by atoms with van der Waals surface area (Å²) in [5.74, 6) is -2.44. The summed E-state index contributed by atoms with van der Waals surface area (Å²) in [4.78, 5) is 25.9. The van der Waals surface area contributed by atoms with Crippen molar-refractivity contribution in [3.05, 3.63) is 69.2 Å². The Morgan fingerprint density at radius 2 is 1.89 bits per heavy atom. The van der Waals surface area contributed by atoms with Crippen molar-refractivity contribution in [1.29, 1.82) is 0 Å². The van der Waals surface area contributed by atoms with Gasteiger partial charge in [-0.05, 0) is 25.1 Å². The lowest BCUT2D eigenvalue weighted by molar-refractivity contribution is -0.132. The maximum Gasteiger partial charge on any atom is 0.325 e. The average molecular weight is 415 g/mol. The molecule has 5 nitrogen and oxygen atoms in total. The van der Waals surface area contributed by atoms with Gasteiger partial charge in [-0.25, -0.2) is 13.6 Å². The normalized spacial score (nSPS) is 20.7. The monoisotopic (exact) mass is 414 g/mol. The van der Waals surface area contributed by atoms with Gasteiger partial charge in [-0.15, -0.1) is 0 Å². The standard InChI is InChI=1S/C18H14Cl2F2N2O3/c1-18(12-5-2-9(19)6-13(12)20)16(26)24(17(27)23-18)8-15(25)11-4-3-10(21)7-14(11)22/h2-7,15,25H,8H2,1H3,(H,23,27). The van der Waals surface area contributed by atoms with Gasteiger partial charge in [-0.2, -0.15) is 0 Å². The van der Waals surface area contributed by atoms with Crippen molar-refractivity contribution in [2.45, 2.75) is 18.6 Å². The first-order chi connectivity index (χ1) is 12.6. The lowest BCUT2D eigenvalue weighted by Crippen LogP contribution is -2.41. The summed E-state index contributed by atoms with van der Waals surface area (Å²) in [5.41, 5.74) is -1.37. The summed E-state index contributed by atoms with van der Waals surface area (Å²) < 4.78 is 26.9. The van der Waals surface area contributed by atoms with E-state index in [0.29, 0.717) is 16.7 Å². The molecule has 2 aromatic carbocycles. The number of imide groups is 1. The molecule has 2 unspecified atom stereocenters. The van der Waals surface area contributed by atoms with E-state index in [4.69, 9.17) is 23.2 Å². The number of urea groups is 1. The summed E-state index contributed by atoms with van der Waals surface area (Å²) in [7, 11) is 0. The zero-order valence-electron chi connectivity index (χ0n) is 14.0. The van der Waals surface area contributed by atoms with Gasteiger partial charge in [0.1, 0.15) is 17.2 Å². The average Bonchev–Trinajstić information content (AvgIpc) is 2.78. The lowest BCUT2D eigenvalue weighted by Gasteiger charge is -2.24. The van der Waals surface area contributed by atoms with E-state index in [1.54, 1.807) is 0 Å². The van der Waals surface area contributed by atoms with E-state index in [1.165, 1.54) is 25.1 Å². The number of aliphatic hydroxyl groups excluding tert-OH is 1. The minimum Gasteiger partial charge on any atom is -0.386 e. The predicted molar refractivity (Wildman–Crippen MR) is 95.4 cm³/mol. The van der Waals surface area contributed by atoms with Crippen LogP contribution < -0.4 is 5.32 Å². The van der Waals surface area contributed by atoms with Gasteiger partial charge in [0, 0.05) is 27.2 Å². The van der Waals surface area contributed by atoms with Crippen LogP contribution in [0.15, 0.2) is 36.4 Å². The maximum atomic E-state index is 13.8. The van der Waals surface area contributed by atoms with Gasteiger partial charge in [-0.1, -0.05) is 35.3 Å². The summed E-state index contributed by atoms with van der Waals surface area (Å²) in [6.07, 6.45) is -1.52. The van der Waals surface area contributed by atoms with Crippen LogP contribution in [-0.4, -0.2) is 28.5 Å². The van der Waals surface area contributed by atoms with Gasteiger partial charge in [-0.3, -0.25) is 9.69 Å². The van der Waals surface area contributed by atoms with Crippen molar-refractivity contribution in [2.24, 2.45) is 0 Å². The van der Waals surface area contributed by atoms with E-state index in [1.807, 2.05) is 0 Å². The molecule has 3 amide bonds. The molecule has 27 heavy (non-hydrogen) atoms. The molecule has 1 saturated heterocycles. The number of carbonyl (C=O) groups excluding carboxylic acids is 2. The molecule has 0 aromatic heterocycles. The third-order valence-electron chi connectivity index (χ3n) is 4.42. The number of β-amino-alcohol motifs (C(OH)–C–C–N with tert-alkyl or cyclic N) is 1. The predicted octanol–water partition coefficient (Wildman–Crippen LogP) is 3.77. The lowest BCUT2D eigenvalue weighted by atomic mass is 9.92. The first-order valence-electron chi connectivity index (χ1n) is 7.86. The van der Waals surface area contributed by atoms with Crippen LogP contribution in [-0.2, 0) is 10.3 Å². The molecule has 142 valence electrons. The second kappa shape index (κ2) is 7.07. The largest absolute Gasteiger partial charge is 0.386 e. The fourth-order valence-corrected chi connectivity index (χ4v) is 3.58. The number of rotatable bonds is 4. The molecule has 0 spiro atoms. The molecule has 0 bridgehead atoms. The molecular formula is C18H14Cl2F2N2O3. The van der Waals surface area contributed by atoms with Crippen molar-refractivity contribution >= 4 is 35.1 Å². The van der Waals surface area contributed by atoms with E-state index < -0.39 is 41.8 Å². The van der Waals surface area contributed by atoms with Crippen LogP contribution in [0, 0.1) is 11.6 Å². The minimum absolute atomic E-state index is 0.186. The van der Waals surface area contributed by atoms with Crippen LogP contribution in [0.4, 0.5) is 13.6 Å². The Hall–Kier alpha value is -2.22. The Balaban J connectivity index is 1.87. The molecule has 0 saturated carbocycles.